The van der Waals surface area contributed by atoms with Crippen molar-refractivity contribution in [3.8, 4) is 0 Å². The van der Waals surface area contributed by atoms with Crippen molar-refractivity contribution in [1.82, 2.24) is 10.2 Å². The third-order valence-corrected chi connectivity index (χ3v) is 3.84. The lowest BCUT2D eigenvalue weighted by Crippen LogP contribution is -2.38. The number of nitrogens with zero attached hydrogens (tertiary/aromatic N) is 1. The SMILES string of the molecule is Nc1cccc(CN(C2CC2)C2CCNC2)c1. The minimum atomic E-state index is 0.726. The number of hydrogen-bond acceptors (Lipinski definition) is 3. The van der Waals surface area contributed by atoms with E-state index in [1.54, 1.807) is 0 Å². The maximum Gasteiger partial charge on any atom is 0.0317 e. The molecule has 3 nitrogen and oxygen atoms in total. The Morgan fingerprint density at radius 3 is 2.76 bits per heavy atom. The van der Waals surface area contributed by atoms with Gasteiger partial charge in [0.2, 0.25) is 0 Å². The lowest BCUT2D eigenvalue weighted by Gasteiger charge is -2.28. The average molecular weight is 231 g/mol. The summed E-state index contributed by atoms with van der Waals surface area (Å²) in [7, 11) is 0. The summed E-state index contributed by atoms with van der Waals surface area (Å²) in [6.07, 6.45) is 4.04. The van der Waals surface area contributed by atoms with Gasteiger partial charge in [-0.2, -0.15) is 0 Å². The first kappa shape index (κ1) is 11.1. The highest BCUT2D eigenvalue weighted by Gasteiger charge is 2.34. The van der Waals surface area contributed by atoms with Crippen molar-refractivity contribution < 1.29 is 0 Å². The van der Waals surface area contributed by atoms with Crippen molar-refractivity contribution in [1.29, 1.82) is 0 Å². The van der Waals surface area contributed by atoms with Crippen molar-refractivity contribution in [2.75, 3.05) is 18.8 Å². The minimum Gasteiger partial charge on any atom is -0.399 e. The van der Waals surface area contributed by atoms with Gasteiger partial charge in [-0.05, 0) is 43.5 Å². The molecule has 0 spiro atoms. The summed E-state index contributed by atoms with van der Waals surface area (Å²) in [6.45, 7) is 3.38. The molecule has 0 bridgehead atoms. The van der Waals surface area contributed by atoms with E-state index in [-0.39, 0.29) is 0 Å². The number of rotatable bonds is 4. The molecule has 2 aliphatic rings. The predicted molar refractivity (Wildman–Crippen MR) is 70.7 cm³/mol. The molecule has 1 heterocycles. The Morgan fingerprint density at radius 2 is 2.12 bits per heavy atom. The number of anilines is 1. The van der Waals surface area contributed by atoms with Crippen LogP contribution in [0.5, 0.6) is 0 Å². The third-order valence-electron chi connectivity index (χ3n) is 3.84. The van der Waals surface area contributed by atoms with Gasteiger partial charge in [-0.3, -0.25) is 4.90 Å². The molecule has 0 aromatic heterocycles. The summed E-state index contributed by atoms with van der Waals surface area (Å²) < 4.78 is 0. The van der Waals surface area contributed by atoms with Gasteiger partial charge in [0.05, 0.1) is 0 Å². The van der Waals surface area contributed by atoms with Crippen LogP contribution < -0.4 is 11.1 Å². The number of benzene rings is 1. The van der Waals surface area contributed by atoms with Crippen LogP contribution in [0.2, 0.25) is 0 Å². The summed E-state index contributed by atoms with van der Waals surface area (Å²) >= 11 is 0. The quantitative estimate of drug-likeness (QED) is 0.773. The van der Waals surface area contributed by atoms with Gasteiger partial charge >= 0.3 is 0 Å². The Kier molecular flexibility index (Phi) is 3.04. The fourth-order valence-electron chi connectivity index (χ4n) is 2.79. The first-order valence-electron chi connectivity index (χ1n) is 6.64. The second-order valence-electron chi connectivity index (χ2n) is 5.30. The molecule has 1 aliphatic carbocycles. The summed E-state index contributed by atoms with van der Waals surface area (Å²) in [5.74, 6) is 0. The fourth-order valence-corrected chi connectivity index (χ4v) is 2.79. The maximum atomic E-state index is 5.85. The lowest BCUT2D eigenvalue weighted by molar-refractivity contribution is 0.189. The Morgan fingerprint density at radius 1 is 1.24 bits per heavy atom. The largest absolute Gasteiger partial charge is 0.399 e. The Balaban J connectivity index is 1.71. The molecule has 3 N–H and O–H groups in total. The van der Waals surface area contributed by atoms with Gasteiger partial charge < -0.3 is 11.1 Å². The van der Waals surface area contributed by atoms with Crippen LogP contribution in [-0.4, -0.2) is 30.1 Å². The molecule has 1 saturated carbocycles. The summed E-state index contributed by atoms with van der Waals surface area (Å²) in [5, 5.41) is 3.47. The number of hydrogen-bond donors (Lipinski definition) is 2. The van der Waals surface area contributed by atoms with Gasteiger partial charge in [-0.15, -0.1) is 0 Å². The van der Waals surface area contributed by atoms with Gasteiger partial charge in [-0.25, -0.2) is 0 Å². The molecule has 3 rings (SSSR count). The zero-order chi connectivity index (χ0) is 11.7. The standard InChI is InChI=1S/C14H21N3/c15-12-3-1-2-11(8-12)10-17(13-4-5-13)14-6-7-16-9-14/h1-3,8,13-14,16H,4-7,9-10,15H2. The van der Waals surface area contributed by atoms with E-state index in [1.165, 1.54) is 31.4 Å². The molecule has 17 heavy (non-hydrogen) atoms. The van der Waals surface area contributed by atoms with Crippen LogP contribution in [0.25, 0.3) is 0 Å². The first-order valence-corrected chi connectivity index (χ1v) is 6.64. The second-order valence-corrected chi connectivity index (χ2v) is 5.30. The molecule has 1 aromatic rings. The molecule has 92 valence electrons. The number of nitrogens with one attached hydrogen (secondary N) is 1. The zero-order valence-electron chi connectivity index (χ0n) is 10.2. The van der Waals surface area contributed by atoms with Gasteiger partial charge in [-0.1, -0.05) is 12.1 Å². The van der Waals surface area contributed by atoms with E-state index in [0.29, 0.717) is 0 Å². The van der Waals surface area contributed by atoms with Crippen molar-refractivity contribution in [3.05, 3.63) is 29.8 Å². The van der Waals surface area contributed by atoms with Crippen molar-refractivity contribution in [3.63, 3.8) is 0 Å². The van der Waals surface area contributed by atoms with E-state index in [9.17, 15) is 0 Å². The van der Waals surface area contributed by atoms with E-state index in [4.69, 9.17) is 5.73 Å². The van der Waals surface area contributed by atoms with Crippen LogP contribution >= 0.6 is 0 Å². The summed E-state index contributed by atoms with van der Waals surface area (Å²) in [5.41, 5.74) is 8.08. The highest BCUT2D eigenvalue weighted by Crippen LogP contribution is 2.31. The zero-order valence-corrected chi connectivity index (χ0v) is 10.2. The highest BCUT2D eigenvalue weighted by molar-refractivity contribution is 5.40. The van der Waals surface area contributed by atoms with Gasteiger partial charge in [0.15, 0.2) is 0 Å². The Hall–Kier alpha value is -1.06. The third kappa shape index (κ3) is 2.61. The molecule has 2 fully saturated rings. The molecule has 1 unspecified atom stereocenters. The topological polar surface area (TPSA) is 41.3 Å². The summed E-state index contributed by atoms with van der Waals surface area (Å²) in [4.78, 5) is 2.68. The number of nitrogen functional groups attached to an aromatic ring is 1. The second kappa shape index (κ2) is 4.67. The lowest BCUT2D eigenvalue weighted by atomic mass is 10.1. The van der Waals surface area contributed by atoms with Crippen LogP contribution in [0.15, 0.2) is 24.3 Å². The van der Waals surface area contributed by atoms with Crippen LogP contribution in [0.4, 0.5) is 5.69 Å². The molecule has 0 amide bonds. The molecule has 1 saturated heterocycles. The molecular formula is C14H21N3. The van der Waals surface area contributed by atoms with E-state index in [0.717, 1.165) is 30.9 Å². The van der Waals surface area contributed by atoms with E-state index < -0.39 is 0 Å². The van der Waals surface area contributed by atoms with Crippen molar-refractivity contribution in [2.24, 2.45) is 0 Å². The van der Waals surface area contributed by atoms with Crippen LogP contribution in [0.1, 0.15) is 24.8 Å². The smallest absolute Gasteiger partial charge is 0.0317 e. The van der Waals surface area contributed by atoms with Crippen molar-refractivity contribution >= 4 is 5.69 Å². The van der Waals surface area contributed by atoms with E-state index in [2.05, 4.69) is 28.4 Å². The molecule has 1 aromatic carbocycles. The fraction of sp³-hybridized carbons (Fsp3) is 0.571. The van der Waals surface area contributed by atoms with Gasteiger partial charge in [0.25, 0.3) is 0 Å². The van der Waals surface area contributed by atoms with Crippen LogP contribution in [0, 0.1) is 0 Å². The van der Waals surface area contributed by atoms with Gasteiger partial charge in [0.1, 0.15) is 0 Å². The summed E-state index contributed by atoms with van der Waals surface area (Å²) in [6, 6.07) is 9.86. The molecular weight excluding hydrogens is 210 g/mol. The van der Waals surface area contributed by atoms with Crippen LogP contribution in [0.3, 0.4) is 0 Å². The van der Waals surface area contributed by atoms with Crippen molar-refractivity contribution in [2.45, 2.75) is 37.9 Å². The normalized spacial score (nSPS) is 24.4. The monoisotopic (exact) mass is 231 g/mol. The molecule has 1 aliphatic heterocycles. The number of nitrogens with two attached hydrogens (primary N) is 1. The highest BCUT2D eigenvalue weighted by atomic mass is 15.2. The maximum absolute atomic E-state index is 5.85. The van der Waals surface area contributed by atoms with Gasteiger partial charge in [0, 0.05) is 30.9 Å². The Labute approximate surface area is 103 Å². The van der Waals surface area contributed by atoms with E-state index in [1.807, 2.05) is 6.07 Å². The Bertz CT molecular complexity index is 381. The average Bonchev–Trinajstić information content (AvgIpc) is 3.01. The van der Waals surface area contributed by atoms with E-state index >= 15 is 0 Å². The molecule has 3 heteroatoms. The predicted octanol–water partition coefficient (Wildman–Crippen LogP) is 1.60. The van der Waals surface area contributed by atoms with Crippen LogP contribution in [-0.2, 0) is 6.54 Å². The molecule has 0 radical (unpaired) electrons. The minimum absolute atomic E-state index is 0.726. The first-order chi connectivity index (χ1) is 8.33. The molecule has 1 atom stereocenters.